The zero-order chi connectivity index (χ0) is 18.1. The van der Waals surface area contributed by atoms with Crippen molar-refractivity contribution in [2.24, 2.45) is 7.05 Å². The van der Waals surface area contributed by atoms with Crippen LogP contribution < -0.4 is 15.5 Å². The van der Waals surface area contributed by atoms with Crippen LogP contribution in [-0.4, -0.2) is 51.5 Å². The van der Waals surface area contributed by atoms with Crippen LogP contribution in [0.3, 0.4) is 0 Å². The largest absolute Gasteiger partial charge is 0.354 e. The topological polar surface area (TPSA) is 79.5 Å². The molecule has 0 saturated carbocycles. The Morgan fingerprint density at radius 1 is 1.19 bits per heavy atom. The van der Waals surface area contributed by atoms with Crippen molar-refractivity contribution in [3.63, 3.8) is 0 Å². The second kappa shape index (κ2) is 6.97. The third kappa shape index (κ3) is 3.25. The molecule has 0 radical (unpaired) electrons. The Hall–Kier alpha value is -2.58. The van der Waals surface area contributed by atoms with Crippen LogP contribution in [0.25, 0.3) is 5.52 Å². The van der Waals surface area contributed by atoms with E-state index in [1.54, 1.807) is 28.5 Å². The zero-order valence-electron chi connectivity index (χ0n) is 14.4. The lowest BCUT2D eigenvalue weighted by Gasteiger charge is -2.21. The SMILES string of the molecule is Cn1cc(NC(=O)c2ccc3ccc(N4CCCNCC4)nn23)c(Cl)n1. The molecule has 3 aromatic heterocycles. The van der Waals surface area contributed by atoms with Crippen molar-refractivity contribution in [2.45, 2.75) is 6.42 Å². The van der Waals surface area contributed by atoms with Gasteiger partial charge < -0.3 is 15.5 Å². The number of carbonyl (C=O) groups excluding carboxylic acids is 1. The number of aromatic nitrogens is 4. The number of nitrogens with one attached hydrogen (secondary N) is 2. The minimum atomic E-state index is -0.276. The molecule has 0 unspecified atom stereocenters. The molecule has 0 aliphatic carbocycles. The number of hydrogen-bond acceptors (Lipinski definition) is 5. The molecule has 2 N–H and O–H groups in total. The quantitative estimate of drug-likeness (QED) is 0.731. The molecule has 0 aromatic carbocycles. The first-order valence-electron chi connectivity index (χ1n) is 8.57. The van der Waals surface area contributed by atoms with Crippen molar-refractivity contribution >= 4 is 34.5 Å². The molecule has 26 heavy (non-hydrogen) atoms. The van der Waals surface area contributed by atoms with Crippen molar-refractivity contribution in [2.75, 3.05) is 36.4 Å². The van der Waals surface area contributed by atoms with Crippen LogP contribution in [-0.2, 0) is 7.05 Å². The van der Waals surface area contributed by atoms with Crippen LogP contribution in [0.2, 0.25) is 5.15 Å². The standard InChI is InChI=1S/C17H20ClN7O/c1-23-11-13(16(18)22-23)20-17(26)14-5-3-12-4-6-15(21-25(12)14)24-9-2-7-19-8-10-24/h3-6,11,19H,2,7-10H2,1H3,(H,20,26). The predicted molar refractivity (Wildman–Crippen MR) is 101 cm³/mol. The summed E-state index contributed by atoms with van der Waals surface area (Å²) in [6.45, 7) is 3.78. The Balaban J connectivity index is 1.63. The van der Waals surface area contributed by atoms with Crippen molar-refractivity contribution in [1.82, 2.24) is 24.7 Å². The number of hydrogen-bond donors (Lipinski definition) is 2. The molecule has 136 valence electrons. The van der Waals surface area contributed by atoms with Gasteiger partial charge in [-0.25, -0.2) is 4.52 Å². The number of nitrogens with zero attached hydrogens (tertiary/aromatic N) is 5. The minimum absolute atomic E-state index is 0.257. The number of amides is 1. The minimum Gasteiger partial charge on any atom is -0.354 e. The van der Waals surface area contributed by atoms with E-state index in [1.807, 2.05) is 18.2 Å². The maximum Gasteiger partial charge on any atom is 0.274 e. The normalized spacial score (nSPS) is 15.2. The number of anilines is 2. The first kappa shape index (κ1) is 16.9. The van der Waals surface area contributed by atoms with Crippen molar-refractivity contribution in [3.8, 4) is 0 Å². The van der Waals surface area contributed by atoms with Crippen LogP contribution in [0.4, 0.5) is 11.5 Å². The summed E-state index contributed by atoms with van der Waals surface area (Å²) in [5.74, 6) is 0.591. The lowest BCUT2D eigenvalue weighted by molar-refractivity contribution is 0.102. The van der Waals surface area contributed by atoms with Crippen LogP contribution in [0.5, 0.6) is 0 Å². The average Bonchev–Trinajstić information content (AvgIpc) is 3.05. The highest BCUT2D eigenvalue weighted by molar-refractivity contribution is 6.32. The highest BCUT2D eigenvalue weighted by atomic mass is 35.5. The van der Waals surface area contributed by atoms with Gasteiger partial charge in [0.05, 0.1) is 11.2 Å². The summed E-state index contributed by atoms with van der Waals surface area (Å²) >= 11 is 6.03. The lowest BCUT2D eigenvalue weighted by atomic mass is 10.3. The molecule has 1 aliphatic rings. The van der Waals surface area contributed by atoms with E-state index >= 15 is 0 Å². The van der Waals surface area contributed by atoms with Crippen LogP contribution >= 0.6 is 11.6 Å². The molecule has 0 spiro atoms. The smallest absolute Gasteiger partial charge is 0.274 e. The van der Waals surface area contributed by atoms with E-state index in [0.717, 1.165) is 43.9 Å². The highest BCUT2D eigenvalue weighted by Crippen LogP contribution is 2.21. The van der Waals surface area contributed by atoms with Gasteiger partial charge in [-0.1, -0.05) is 11.6 Å². The van der Waals surface area contributed by atoms with E-state index < -0.39 is 0 Å². The average molecular weight is 374 g/mol. The van der Waals surface area contributed by atoms with Gasteiger partial charge in [-0.15, -0.1) is 5.10 Å². The van der Waals surface area contributed by atoms with E-state index in [9.17, 15) is 4.79 Å². The van der Waals surface area contributed by atoms with Crippen molar-refractivity contribution < 1.29 is 4.79 Å². The van der Waals surface area contributed by atoms with E-state index in [0.29, 0.717) is 11.4 Å². The van der Waals surface area contributed by atoms with Crippen molar-refractivity contribution in [3.05, 3.63) is 41.3 Å². The summed E-state index contributed by atoms with van der Waals surface area (Å²) in [6.07, 6.45) is 2.73. The molecular formula is C17H20ClN7O. The fourth-order valence-electron chi connectivity index (χ4n) is 3.12. The van der Waals surface area contributed by atoms with Crippen LogP contribution in [0.15, 0.2) is 30.5 Å². The van der Waals surface area contributed by atoms with Crippen LogP contribution in [0.1, 0.15) is 16.9 Å². The molecule has 1 fully saturated rings. The second-order valence-electron chi connectivity index (χ2n) is 6.30. The van der Waals surface area contributed by atoms with Gasteiger partial charge in [0.2, 0.25) is 0 Å². The fourth-order valence-corrected chi connectivity index (χ4v) is 3.34. The summed E-state index contributed by atoms with van der Waals surface area (Å²) < 4.78 is 3.23. The third-order valence-electron chi connectivity index (χ3n) is 4.42. The third-order valence-corrected chi connectivity index (χ3v) is 4.70. The fraction of sp³-hybridized carbons (Fsp3) is 0.353. The summed E-state index contributed by atoms with van der Waals surface area (Å²) in [6, 6.07) is 7.62. The summed E-state index contributed by atoms with van der Waals surface area (Å²) in [5.41, 5.74) is 1.79. The number of rotatable bonds is 3. The Kier molecular flexibility index (Phi) is 4.52. The molecule has 4 rings (SSSR count). The van der Waals surface area contributed by atoms with E-state index in [-0.39, 0.29) is 11.1 Å². The maximum absolute atomic E-state index is 12.7. The maximum atomic E-state index is 12.7. The van der Waals surface area contributed by atoms with E-state index in [4.69, 9.17) is 16.7 Å². The highest BCUT2D eigenvalue weighted by Gasteiger charge is 2.17. The molecule has 9 heteroatoms. The lowest BCUT2D eigenvalue weighted by Crippen LogP contribution is -2.29. The first-order valence-corrected chi connectivity index (χ1v) is 8.94. The van der Waals surface area contributed by atoms with Crippen molar-refractivity contribution in [1.29, 1.82) is 0 Å². The molecule has 0 bridgehead atoms. The molecule has 3 aromatic rings. The van der Waals surface area contributed by atoms with Gasteiger partial charge in [0, 0.05) is 32.9 Å². The first-order chi connectivity index (χ1) is 12.6. The molecular weight excluding hydrogens is 354 g/mol. The summed E-state index contributed by atoms with van der Waals surface area (Å²) in [7, 11) is 1.75. The number of carbonyl (C=O) groups is 1. The number of aryl methyl sites for hydroxylation is 1. The van der Waals surface area contributed by atoms with Crippen LogP contribution in [0, 0.1) is 0 Å². The summed E-state index contributed by atoms with van der Waals surface area (Å²) in [5, 5.41) is 15.2. The Labute approximate surface area is 155 Å². The van der Waals surface area contributed by atoms with Gasteiger partial charge >= 0.3 is 0 Å². The second-order valence-corrected chi connectivity index (χ2v) is 6.66. The Bertz CT molecular complexity index is 940. The molecule has 0 atom stereocenters. The molecule has 4 heterocycles. The van der Waals surface area contributed by atoms with Gasteiger partial charge in [0.1, 0.15) is 11.5 Å². The number of halogens is 1. The molecule has 1 aliphatic heterocycles. The van der Waals surface area contributed by atoms with Gasteiger partial charge in [-0.05, 0) is 37.2 Å². The molecule has 1 amide bonds. The van der Waals surface area contributed by atoms with E-state index in [1.165, 1.54) is 0 Å². The molecule has 1 saturated heterocycles. The van der Waals surface area contributed by atoms with Gasteiger partial charge in [0.15, 0.2) is 5.15 Å². The zero-order valence-corrected chi connectivity index (χ0v) is 15.2. The molecule has 8 nitrogen and oxygen atoms in total. The van der Waals surface area contributed by atoms with Gasteiger partial charge in [0.25, 0.3) is 5.91 Å². The van der Waals surface area contributed by atoms with E-state index in [2.05, 4.69) is 20.6 Å². The predicted octanol–water partition coefficient (Wildman–Crippen LogP) is 1.77. The Morgan fingerprint density at radius 2 is 2.04 bits per heavy atom. The summed E-state index contributed by atoms with van der Waals surface area (Å²) in [4.78, 5) is 14.9. The van der Waals surface area contributed by atoms with Gasteiger partial charge in [-0.3, -0.25) is 9.48 Å². The Morgan fingerprint density at radius 3 is 2.85 bits per heavy atom. The number of fused-ring (bicyclic) bond motifs is 1. The monoisotopic (exact) mass is 373 g/mol. The van der Waals surface area contributed by atoms with Gasteiger partial charge in [-0.2, -0.15) is 5.10 Å².